The van der Waals surface area contributed by atoms with Gasteiger partial charge in [0.15, 0.2) is 11.3 Å². The molecule has 0 amide bonds. The smallest absolute Gasteiger partial charge is 0.437 e. The number of aryl methyl sites for hydroxylation is 2. The van der Waals surface area contributed by atoms with Crippen molar-refractivity contribution in [3.63, 3.8) is 0 Å². The molecule has 464 valence electrons. The van der Waals surface area contributed by atoms with Crippen LogP contribution in [0.1, 0.15) is 90.5 Å². The lowest BCUT2D eigenvalue weighted by Crippen LogP contribution is -2.67. The number of nitriles is 3. The second-order valence-corrected chi connectivity index (χ2v) is 35.8. The number of hydrogen-bond donors (Lipinski definition) is 0. The van der Waals surface area contributed by atoms with Crippen LogP contribution in [0.3, 0.4) is 0 Å². The Morgan fingerprint density at radius 2 is 1.04 bits per heavy atom. The highest BCUT2D eigenvalue weighted by Gasteiger charge is 2.65. The number of halogens is 3. The van der Waals surface area contributed by atoms with Crippen molar-refractivity contribution in [2.45, 2.75) is 109 Å². The van der Waals surface area contributed by atoms with Crippen LogP contribution in [0, 0.1) is 53.3 Å². The monoisotopic (exact) mass is 1260 g/mol. The van der Waals surface area contributed by atoms with Gasteiger partial charge in [0.1, 0.15) is 23.8 Å². The van der Waals surface area contributed by atoms with Gasteiger partial charge >= 0.3 is 6.18 Å². The number of allylic oxidation sites excluding steroid dienone is 7. The summed E-state index contributed by atoms with van der Waals surface area (Å²) in [5.74, 6) is -0.709. The third-order valence-electron chi connectivity index (χ3n) is 17.3. The highest BCUT2D eigenvalue weighted by molar-refractivity contribution is 8.03. The summed E-state index contributed by atoms with van der Waals surface area (Å²) in [4.78, 5) is 4.45. The van der Waals surface area contributed by atoms with Crippen molar-refractivity contribution in [2.75, 3.05) is 31.2 Å². The number of alkyl halides is 3. The molecule has 0 saturated carbocycles. The minimum atomic E-state index is -5.12. The van der Waals surface area contributed by atoms with Crippen LogP contribution in [-0.4, -0.2) is 49.1 Å². The third kappa shape index (κ3) is 13.9. The van der Waals surface area contributed by atoms with Crippen molar-refractivity contribution in [3.8, 4) is 18.2 Å². The van der Waals surface area contributed by atoms with Gasteiger partial charge in [-0.15, -0.1) is 0 Å². The van der Waals surface area contributed by atoms with Crippen LogP contribution >= 0.6 is 11.8 Å². The standard InChI is InChI=1S/C78H79F3N4O3SSi2/c1-57-28-26-29-58(2)72(57)89-73-60(30-27-41-70-69(56-84)71(62(54-82)55-83)88-77(70,78(79,80)81)63-31-16-11-17-32-63)52-76(9,10)53-61(73)45-42-59-43-46-64(47-44-59)85(48-50-86-90(74(3,4)5,65-33-18-12-19-34-65)66-35-20-13-21-36-66)49-51-87-91(75(6,7)8,67-37-22-14-23-38-67)68-39-24-15-25-40-68/h11-47H,48-53H2,1-10H3/b41-27+,45-42+,60-30+. The van der Waals surface area contributed by atoms with Crippen LogP contribution in [0.5, 0.6) is 0 Å². The maximum atomic E-state index is 15.8. The van der Waals surface area contributed by atoms with Gasteiger partial charge in [0.05, 0.1) is 13.2 Å². The molecule has 1 aliphatic heterocycles. The van der Waals surface area contributed by atoms with Crippen LogP contribution in [0.4, 0.5) is 18.9 Å². The zero-order chi connectivity index (χ0) is 65.2. The first-order valence-electron chi connectivity index (χ1n) is 30.8. The molecule has 0 radical (unpaired) electrons. The normalized spacial score (nSPS) is 16.9. The number of benzene rings is 7. The first-order chi connectivity index (χ1) is 43.4. The molecule has 0 fully saturated rings. The summed E-state index contributed by atoms with van der Waals surface area (Å²) in [5.41, 5.74) is 0.582. The van der Waals surface area contributed by atoms with Crippen molar-refractivity contribution >= 4 is 60.9 Å². The maximum absolute atomic E-state index is 15.8. The number of nitrogens with zero attached hydrogens (tertiary/aromatic N) is 4. The lowest BCUT2D eigenvalue weighted by molar-refractivity contribution is -0.249. The molecule has 0 bridgehead atoms. The summed E-state index contributed by atoms with van der Waals surface area (Å²) >= 11 is 1.64. The summed E-state index contributed by atoms with van der Waals surface area (Å²) in [5, 5.41) is 34.8. The molecule has 0 aromatic heterocycles. The Kier molecular flexibility index (Phi) is 20.6. The van der Waals surface area contributed by atoms with E-state index in [1.54, 1.807) is 30.0 Å². The molecule has 1 atom stereocenters. The number of rotatable bonds is 20. The first kappa shape index (κ1) is 66.9. The van der Waals surface area contributed by atoms with E-state index in [0.717, 1.165) is 43.3 Å². The Morgan fingerprint density at radius 3 is 1.46 bits per heavy atom. The van der Waals surface area contributed by atoms with Crippen LogP contribution < -0.4 is 25.6 Å². The summed E-state index contributed by atoms with van der Waals surface area (Å²) in [6, 6.07) is 70.0. The predicted octanol–water partition coefficient (Wildman–Crippen LogP) is 17.2. The highest BCUT2D eigenvalue weighted by atomic mass is 32.2. The van der Waals surface area contributed by atoms with E-state index in [1.807, 2.05) is 18.2 Å². The van der Waals surface area contributed by atoms with Crippen LogP contribution in [-0.2, 0) is 19.2 Å². The summed E-state index contributed by atoms with van der Waals surface area (Å²) < 4.78 is 68.3. The van der Waals surface area contributed by atoms with Crippen molar-refractivity contribution in [1.82, 2.24) is 0 Å². The van der Waals surface area contributed by atoms with E-state index in [2.05, 4.69) is 244 Å². The van der Waals surface area contributed by atoms with Crippen molar-refractivity contribution in [1.29, 1.82) is 15.8 Å². The topological polar surface area (TPSA) is 102 Å². The Balaban J connectivity index is 1.11. The van der Waals surface area contributed by atoms with Gasteiger partial charge in [0.25, 0.3) is 22.2 Å². The molecule has 91 heavy (non-hydrogen) atoms. The predicted molar refractivity (Wildman–Crippen MR) is 370 cm³/mol. The molecule has 7 nitrogen and oxygen atoms in total. The quantitative estimate of drug-likeness (QED) is 0.0549. The minimum absolute atomic E-state index is 0.212. The molecular formula is C78H79F3N4O3SSi2. The number of ether oxygens (including phenoxy) is 1. The second kappa shape index (κ2) is 28.0. The fourth-order valence-corrected chi connectivity index (χ4v) is 23.4. The molecule has 7 aromatic carbocycles. The van der Waals surface area contributed by atoms with Gasteiger partial charge in [-0.1, -0.05) is 280 Å². The molecule has 0 spiro atoms. The van der Waals surface area contributed by atoms with Crippen LogP contribution in [0.15, 0.2) is 262 Å². The van der Waals surface area contributed by atoms with Gasteiger partial charge in [-0.2, -0.15) is 29.0 Å². The first-order valence-corrected chi connectivity index (χ1v) is 35.5. The van der Waals surface area contributed by atoms with Gasteiger partial charge < -0.3 is 18.5 Å². The van der Waals surface area contributed by atoms with E-state index in [-0.39, 0.29) is 21.1 Å². The van der Waals surface area contributed by atoms with E-state index >= 15 is 13.2 Å². The number of hydrogen-bond acceptors (Lipinski definition) is 8. The fourth-order valence-electron chi connectivity index (χ4n) is 13.1. The minimum Gasteiger partial charge on any atom is -0.465 e. The second-order valence-electron chi connectivity index (χ2n) is 26.2. The maximum Gasteiger partial charge on any atom is 0.437 e. The van der Waals surface area contributed by atoms with E-state index < -0.39 is 50.9 Å². The molecule has 1 unspecified atom stereocenters. The number of anilines is 1. The summed E-state index contributed by atoms with van der Waals surface area (Å²) in [7, 11) is -5.78. The van der Waals surface area contributed by atoms with Gasteiger partial charge in [0.2, 0.25) is 0 Å². The van der Waals surface area contributed by atoms with E-state index in [1.165, 1.54) is 57.2 Å². The number of thioether (sulfide) groups is 1. The molecule has 7 aromatic rings. The lowest BCUT2D eigenvalue weighted by atomic mass is 9.74. The van der Waals surface area contributed by atoms with Crippen LogP contribution in [0.2, 0.25) is 10.1 Å². The molecule has 1 aliphatic carbocycles. The van der Waals surface area contributed by atoms with Gasteiger partial charge in [-0.25, -0.2) is 0 Å². The zero-order valence-electron chi connectivity index (χ0n) is 53.7. The molecule has 0 saturated heterocycles. The zero-order valence-corrected chi connectivity index (χ0v) is 56.5. The average molecular weight is 1270 g/mol. The van der Waals surface area contributed by atoms with Crippen molar-refractivity contribution in [3.05, 3.63) is 279 Å². The van der Waals surface area contributed by atoms with E-state index in [9.17, 15) is 15.8 Å². The van der Waals surface area contributed by atoms with Gasteiger partial charge in [0, 0.05) is 39.7 Å². The van der Waals surface area contributed by atoms with Crippen LogP contribution in [0.25, 0.3) is 6.08 Å². The fraction of sp³-hybridized carbons (Fsp3) is 0.269. The Labute approximate surface area is 543 Å². The third-order valence-corrected chi connectivity index (χ3v) is 29.0. The molecule has 1 heterocycles. The molecular weight excluding hydrogens is 1190 g/mol. The Morgan fingerprint density at radius 1 is 0.593 bits per heavy atom. The van der Waals surface area contributed by atoms with Gasteiger partial charge in [-0.3, -0.25) is 0 Å². The SMILES string of the molecule is Cc1cccc(C)c1SC1=C(/C=C/c2ccc(N(CCO[Si](c3ccccc3)(c3ccccc3)C(C)(C)C)CCO[Si](c3ccccc3)(c3ccccc3)C(C)(C)C)cc2)CC(C)(C)C/C1=C\C=C\C1=C(C#N)C(=C(C#N)C#N)OC1(c1ccccc1)C(F)(F)F. The van der Waals surface area contributed by atoms with Crippen molar-refractivity contribution < 1.29 is 26.8 Å². The lowest BCUT2D eigenvalue weighted by Gasteiger charge is -2.44. The molecule has 0 N–H and O–H groups in total. The highest BCUT2D eigenvalue weighted by Crippen LogP contribution is 2.56. The molecule has 13 heteroatoms. The Bertz CT molecular complexity index is 3810. The largest absolute Gasteiger partial charge is 0.465 e. The summed E-state index contributed by atoms with van der Waals surface area (Å²) in [6.07, 6.45) is 5.10. The van der Waals surface area contributed by atoms with E-state index in [4.69, 9.17) is 13.6 Å². The van der Waals surface area contributed by atoms with Crippen molar-refractivity contribution in [2.24, 2.45) is 5.41 Å². The average Bonchev–Trinajstić information content (AvgIpc) is 1.63. The van der Waals surface area contributed by atoms with Gasteiger partial charge in [-0.05, 0) is 103 Å². The van der Waals surface area contributed by atoms with E-state index in [0.29, 0.717) is 39.1 Å². The summed E-state index contributed by atoms with van der Waals surface area (Å²) in [6.45, 7) is 24.5. The molecule has 2 aliphatic rings. The molecule has 9 rings (SSSR count). The Hall–Kier alpha value is -8.46.